The molecule has 0 radical (unpaired) electrons. The molecule has 3 nitrogen and oxygen atoms in total. The summed E-state index contributed by atoms with van der Waals surface area (Å²) in [6.07, 6.45) is 4.22. The molecule has 1 aliphatic rings. The van der Waals surface area contributed by atoms with Gasteiger partial charge in [-0.1, -0.05) is 12.5 Å². The Morgan fingerprint density at radius 1 is 1.37 bits per heavy atom. The zero-order chi connectivity index (χ0) is 13.7. The quantitative estimate of drug-likeness (QED) is 0.817. The second kappa shape index (κ2) is 6.92. The average Bonchev–Trinajstić information content (AvgIpc) is 2.35. The number of hydrogen-bond donors (Lipinski definition) is 1. The molecule has 0 heterocycles. The van der Waals surface area contributed by atoms with E-state index < -0.39 is 0 Å². The van der Waals surface area contributed by atoms with Crippen LogP contribution in [0.1, 0.15) is 30.4 Å². The fraction of sp³-hybridized carbons (Fsp3) is 0.625. The molecule has 0 atom stereocenters. The van der Waals surface area contributed by atoms with Crippen molar-refractivity contribution in [2.45, 2.75) is 32.4 Å². The van der Waals surface area contributed by atoms with Crippen molar-refractivity contribution >= 4 is 0 Å². The van der Waals surface area contributed by atoms with Crippen molar-refractivity contribution < 1.29 is 4.74 Å². The number of rotatable bonds is 7. The Morgan fingerprint density at radius 3 is 2.74 bits per heavy atom. The van der Waals surface area contributed by atoms with Gasteiger partial charge in [-0.15, -0.1) is 0 Å². The molecule has 0 spiro atoms. The Balaban J connectivity index is 2.00. The zero-order valence-electron chi connectivity index (χ0n) is 12.4. The van der Waals surface area contributed by atoms with Gasteiger partial charge in [0.1, 0.15) is 5.75 Å². The Kier molecular flexibility index (Phi) is 5.23. The molecule has 1 aromatic carbocycles. The lowest BCUT2D eigenvalue weighted by atomic mass is 9.85. The van der Waals surface area contributed by atoms with Crippen LogP contribution in [0.3, 0.4) is 0 Å². The second-order valence-corrected chi connectivity index (χ2v) is 5.67. The molecule has 1 aliphatic carbocycles. The van der Waals surface area contributed by atoms with Gasteiger partial charge >= 0.3 is 0 Å². The molecular formula is C16H26N2O. The highest BCUT2D eigenvalue weighted by atomic mass is 16.5. The average molecular weight is 262 g/mol. The standard InChI is InChI=1S/C16H26N2O/c1-17-10-14-7-8-16(19-3)15(9-14)12-18(2)11-13-5-4-6-13/h7-9,13,17H,4-6,10-12H2,1-3H3. The first-order valence-electron chi connectivity index (χ1n) is 7.22. The summed E-state index contributed by atoms with van der Waals surface area (Å²) in [5, 5.41) is 3.20. The number of methoxy groups -OCH3 is 1. The summed E-state index contributed by atoms with van der Waals surface area (Å²) in [5.74, 6) is 1.91. The van der Waals surface area contributed by atoms with E-state index >= 15 is 0 Å². The van der Waals surface area contributed by atoms with Crippen LogP contribution in [0.15, 0.2) is 18.2 Å². The van der Waals surface area contributed by atoms with Crippen LogP contribution in [0.25, 0.3) is 0 Å². The first kappa shape index (κ1) is 14.4. The monoisotopic (exact) mass is 262 g/mol. The maximum atomic E-state index is 5.48. The Bertz CT molecular complexity index is 402. The maximum Gasteiger partial charge on any atom is 0.123 e. The van der Waals surface area contributed by atoms with Crippen molar-refractivity contribution in [3.8, 4) is 5.75 Å². The highest BCUT2D eigenvalue weighted by Gasteiger charge is 2.19. The van der Waals surface area contributed by atoms with Gasteiger partial charge in [0.25, 0.3) is 0 Å². The number of benzene rings is 1. The first-order chi connectivity index (χ1) is 9.22. The molecule has 0 aromatic heterocycles. The van der Waals surface area contributed by atoms with Gasteiger partial charge in [-0.05, 0) is 50.6 Å². The van der Waals surface area contributed by atoms with E-state index in [1.54, 1.807) is 7.11 Å². The predicted molar refractivity (Wildman–Crippen MR) is 79.4 cm³/mol. The van der Waals surface area contributed by atoms with Gasteiger partial charge in [-0.2, -0.15) is 0 Å². The highest BCUT2D eigenvalue weighted by molar-refractivity contribution is 5.37. The van der Waals surface area contributed by atoms with Crippen LogP contribution in [-0.2, 0) is 13.1 Å². The van der Waals surface area contributed by atoms with Crippen LogP contribution in [0, 0.1) is 5.92 Å². The van der Waals surface area contributed by atoms with E-state index in [0.717, 1.165) is 24.8 Å². The van der Waals surface area contributed by atoms with E-state index in [0.29, 0.717) is 0 Å². The van der Waals surface area contributed by atoms with E-state index in [2.05, 4.69) is 35.5 Å². The van der Waals surface area contributed by atoms with Gasteiger partial charge in [0.2, 0.25) is 0 Å². The lowest BCUT2D eigenvalue weighted by Gasteiger charge is -2.30. The van der Waals surface area contributed by atoms with Gasteiger partial charge in [-0.25, -0.2) is 0 Å². The minimum Gasteiger partial charge on any atom is -0.496 e. The fourth-order valence-electron chi connectivity index (χ4n) is 2.74. The summed E-state index contributed by atoms with van der Waals surface area (Å²) < 4.78 is 5.48. The minimum atomic E-state index is 0.906. The fourth-order valence-corrected chi connectivity index (χ4v) is 2.74. The van der Waals surface area contributed by atoms with Crippen LogP contribution >= 0.6 is 0 Å². The smallest absolute Gasteiger partial charge is 0.123 e. The molecule has 0 saturated heterocycles. The summed E-state index contributed by atoms with van der Waals surface area (Å²) >= 11 is 0. The first-order valence-corrected chi connectivity index (χ1v) is 7.22. The van der Waals surface area contributed by atoms with Crippen molar-refractivity contribution in [3.05, 3.63) is 29.3 Å². The number of nitrogens with one attached hydrogen (secondary N) is 1. The van der Waals surface area contributed by atoms with Crippen LogP contribution in [0.5, 0.6) is 5.75 Å². The number of hydrogen-bond acceptors (Lipinski definition) is 3. The number of nitrogens with zero attached hydrogens (tertiary/aromatic N) is 1. The van der Waals surface area contributed by atoms with E-state index in [9.17, 15) is 0 Å². The zero-order valence-corrected chi connectivity index (χ0v) is 12.4. The van der Waals surface area contributed by atoms with Crippen LogP contribution in [0.4, 0.5) is 0 Å². The molecule has 19 heavy (non-hydrogen) atoms. The van der Waals surface area contributed by atoms with Crippen molar-refractivity contribution in [1.82, 2.24) is 10.2 Å². The molecule has 106 valence electrons. The highest BCUT2D eigenvalue weighted by Crippen LogP contribution is 2.28. The minimum absolute atomic E-state index is 0.906. The Labute approximate surface area is 116 Å². The second-order valence-electron chi connectivity index (χ2n) is 5.67. The topological polar surface area (TPSA) is 24.5 Å². The normalized spacial score (nSPS) is 15.6. The number of ether oxygens (including phenoxy) is 1. The third-order valence-corrected chi connectivity index (χ3v) is 3.96. The van der Waals surface area contributed by atoms with E-state index in [1.165, 1.54) is 36.9 Å². The molecule has 1 fully saturated rings. The van der Waals surface area contributed by atoms with Crippen LogP contribution in [-0.4, -0.2) is 32.6 Å². The van der Waals surface area contributed by atoms with E-state index in [-0.39, 0.29) is 0 Å². The lowest BCUT2D eigenvalue weighted by molar-refractivity contribution is 0.199. The lowest BCUT2D eigenvalue weighted by Crippen LogP contribution is -2.29. The summed E-state index contributed by atoms with van der Waals surface area (Å²) in [4.78, 5) is 2.42. The SMILES string of the molecule is CNCc1ccc(OC)c(CN(C)CC2CCC2)c1. The van der Waals surface area contributed by atoms with Crippen molar-refractivity contribution in [2.24, 2.45) is 5.92 Å². The summed E-state index contributed by atoms with van der Waals surface area (Å²) in [5.41, 5.74) is 2.60. The van der Waals surface area contributed by atoms with Crippen LogP contribution in [0.2, 0.25) is 0 Å². The molecule has 1 aromatic rings. The molecule has 0 bridgehead atoms. The Morgan fingerprint density at radius 2 is 2.16 bits per heavy atom. The maximum absolute atomic E-state index is 5.48. The van der Waals surface area contributed by atoms with Gasteiger partial charge in [-0.3, -0.25) is 0 Å². The van der Waals surface area contributed by atoms with Gasteiger partial charge in [0.15, 0.2) is 0 Å². The summed E-state index contributed by atoms with van der Waals surface area (Å²) in [7, 11) is 5.94. The van der Waals surface area contributed by atoms with Crippen molar-refractivity contribution in [2.75, 3.05) is 27.7 Å². The molecule has 0 unspecified atom stereocenters. The van der Waals surface area contributed by atoms with Crippen molar-refractivity contribution in [3.63, 3.8) is 0 Å². The van der Waals surface area contributed by atoms with Crippen LogP contribution < -0.4 is 10.1 Å². The third-order valence-electron chi connectivity index (χ3n) is 3.96. The largest absolute Gasteiger partial charge is 0.496 e. The molecular weight excluding hydrogens is 236 g/mol. The summed E-state index contributed by atoms with van der Waals surface area (Å²) in [6, 6.07) is 6.47. The van der Waals surface area contributed by atoms with E-state index in [4.69, 9.17) is 4.74 Å². The third kappa shape index (κ3) is 3.95. The molecule has 1 saturated carbocycles. The molecule has 2 rings (SSSR count). The summed E-state index contributed by atoms with van der Waals surface area (Å²) in [6.45, 7) is 3.08. The molecule has 3 heteroatoms. The Hall–Kier alpha value is -1.06. The van der Waals surface area contributed by atoms with Gasteiger partial charge in [0.05, 0.1) is 7.11 Å². The molecule has 0 amide bonds. The predicted octanol–water partition coefficient (Wildman–Crippen LogP) is 2.65. The van der Waals surface area contributed by atoms with Gasteiger partial charge < -0.3 is 15.0 Å². The molecule has 0 aliphatic heterocycles. The van der Waals surface area contributed by atoms with E-state index in [1.807, 2.05) is 7.05 Å². The van der Waals surface area contributed by atoms with Gasteiger partial charge in [0, 0.05) is 25.2 Å². The molecule has 1 N–H and O–H groups in total. The van der Waals surface area contributed by atoms with Crippen molar-refractivity contribution in [1.29, 1.82) is 0 Å².